The minimum Gasteiger partial charge on any atom is -0.314 e. The minimum absolute atomic E-state index is 0.718. The van der Waals surface area contributed by atoms with Crippen LogP contribution in [0, 0.1) is 12.8 Å². The normalized spacial score (nSPS) is 21.1. The zero-order chi connectivity index (χ0) is 14.8. The summed E-state index contributed by atoms with van der Waals surface area (Å²) >= 11 is 6.41. The molecule has 1 aliphatic heterocycles. The lowest BCUT2D eigenvalue weighted by Crippen LogP contribution is -2.43. The van der Waals surface area contributed by atoms with Crippen LogP contribution in [0.25, 0.3) is 0 Å². The van der Waals surface area contributed by atoms with E-state index in [-0.39, 0.29) is 0 Å². The molecule has 1 N–H and O–H groups in total. The fourth-order valence-corrected chi connectivity index (χ4v) is 3.38. The highest BCUT2D eigenvalue weighted by molar-refractivity contribution is 6.31. The summed E-state index contributed by atoms with van der Waals surface area (Å²) in [5, 5.41) is 9.10. The van der Waals surface area contributed by atoms with E-state index in [1.54, 1.807) is 0 Å². The summed E-state index contributed by atoms with van der Waals surface area (Å²) in [7, 11) is 0. The molecule has 0 aromatic carbocycles. The quantitative estimate of drug-likeness (QED) is 0.877. The van der Waals surface area contributed by atoms with Crippen molar-refractivity contribution in [1.29, 1.82) is 0 Å². The summed E-state index contributed by atoms with van der Waals surface area (Å²) in [6, 6.07) is 0.718. The highest BCUT2D eigenvalue weighted by Gasteiger charge is 2.25. The Hall–Kier alpha value is -0.580. The van der Waals surface area contributed by atoms with Gasteiger partial charge in [0, 0.05) is 32.2 Å². The lowest BCUT2D eigenvalue weighted by atomic mass is 10.0. The van der Waals surface area contributed by atoms with Gasteiger partial charge in [0.05, 0.1) is 16.4 Å². The number of halogens is 1. The smallest absolute Gasteiger partial charge is 0.0860 e. The Kier molecular flexibility index (Phi) is 4.87. The largest absolute Gasteiger partial charge is 0.314 e. The van der Waals surface area contributed by atoms with Crippen LogP contribution in [0.1, 0.15) is 44.0 Å². The van der Waals surface area contributed by atoms with Crippen molar-refractivity contribution in [3.05, 3.63) is 16.4 Å². The Morgan fingerprint density at radius 1 is 1.24 bits per heavy atom. The third-order valence-electron chi connectivity index (χ3n) is 4.81. The van der Waals surface area contributed by atoms with Gasteiger partial charge in [-0.05, 0) is 52.0 Å². The van der Waals surface area contributed by atoms with Gasteiger partial charge in [0.2, 0.25) is 0 Å². The van der Waals surface area contributed by atoms with Gasteiger partial charge in [-0.1, -0.05) is 11.6 Å². The molecule has 1 saturated carbocycles. The fraction of sp³-hybridized carbons (Fsp3) is 0.812. The van der Waals surface area contributed by atoms with E-state index in [1.807, 2.05) is 6.92 Å². The number of aryl methyl sites for hydroxylation is 2. The molecule has 3 rings (SSSR count). The molecule has 0 atom stereocenters. The van der Waals surface area contributed by atoms with Gasteiger partial charge in [0.15, 0.2) is 0 Å². The fourth-order valence-electron chi connectivity index (χ4n) is 3.18. The number of hydrogen-bond acceptors (Lipinski definition) is 3. The molecule has 1 aliphatic carbocycles. The number of piperidine rings is 1. The molecule has 21 heavy (non-hydrogen) atoms. The van der Waals surface area contributed by atoms with Crippen molar-refractivity contribution >= 4 is 11.6 Å². The molecular weight excluding hydrogens is 284 g/mol. The van der Waals surface area contributed by atoms with Crippen LogP contribution >= 0.6 is 11.6 Å². The first kappa shape index (κ1) is 15.3. The number of nitrogens with zero attached hydrogens (tertiary/aromatic N) is 3. The van der Waals surface area contributed by atoms with Crippen molar-refractivity contribution in [2.24, 2.45) is 5.92 Å². The van der Waals surface area contributed by atoms with Crippen LogP contribution in [-0.2, 0) is 13.1 Å². The summed E-state index contributed by atoms with van der Waals surface area (Å²) < 4.78 is 2.05. The molecule has 2 fully saturated rings. The molecule has 0 unspecified atom stereocenters. The summed E-state index contributed by atoms with van der Waals surface area (Å²) in [6.07, 6.45) is 5.38. The Morgan fingerprint density at radius 3 is 2.57 bits per heavy atom. The first-order chi connectivity index (χ1) is 10.2. The number of hydrogen-bond donors (Lipinski definition) is 1. The number of rotatable bonds is 6. The molecule has 2 heterocycles. The standard InChI is InChI=1S/C16H27ClN4/c1-3-21-15(16(17)12(2)19-21)11-20-8-6-14(7-9-20)18-10-13-4-5-13/h13-14,18H,3-11H2,1-2H3. The predicted octanol–water partition coefficient (Wildman–Crippen LogP) is 2.83. The van der Waals surface area contributed by atoms with Gasteiger partial charge in [-0.25, -0.2) is 0 Å². The van der Waals surface area contributed by atoms with Gasteiger partial charge in [-0.2, -0.15) is 5.10 Å². The highest BCUT2D eigenvalue weighted by atomic mass is 35.5. The van der Waals surface area contributed by atoms with E-state index in [1.165, 1.54) is 37.9 Å². The Balaban J connectivity index is 1.50. The van der Waals surface area contributed by atoms with E-state index in [9.17, 15) is 0 Å². The molecular formula is C16H27ClN4. The Labute approximate surface area is 132 Å². The monoisotopic (exact) mass is 310 g/mol. The SMILES string of the molecule is CCn1nc(C)c(Cl)c1CN1CCC(NCC2CC2)CC1. The van der Waals surface area contributed by atoms with Crippen LogP contribution in [-0.4, -0.2) is 40.4 Å². The Bertz CT molecular complexity index is 473. The highest BCUT2D eigenvalue weighted by Crippen LogP contribution is 2.28. The molecule has 1 saturated heterocycles. The molecule has 4 nitrogen and oxygen atoms in total. The van der Waals surface area contributed by atoms with Gasteiger partial charge in [0.1, 0.15) is 0 Å². The molecule has 0 bridgehead atoms. The Morgan fingerprint density at radius 2 is 1.95 bits per heavy atom. The summed E-state index contributed by atoms with van der Waals surface area (Å²) in [5.41, 5.74) is 2.13. The minimum atomic E-state index is 0.718. The zero-order valence-corrected chi connectivity index (χ0v) is 14.0. The van der Waals surface area contributed by atoms with Crippen LogP contribution in [0.4, 0.5) is 0 Å². The summed E-state index contributed by atoms with van der Waals surface area (Å²) in [4.78, 5) is 2.52. The average molecular weight is 311 g/mol. The number of aromatic nitrogens is 2. The molecule has 2 aliphatic rings. The predicted molar refractivity (Wildman–Crippen MR) is 86.7 cm³/mol. The van der Waals surface area contributed by atoms with E-state index in [2.05, 4.69) is 26.9 Å². The molecule has 0 amide bonds. The maximum Gasteiger partial charge on any atom is 0.0860 e. The second kappa shape index (κ2) is 6.67. The maximum atomic E-state index is 6.41. The van der Waals surface area contributed by atoms with Gasteiger partial charge < -0.3 is 5.32 Å². The summed E-state index contributed by atoms with van der Waals surface area (Å²) in [5.74, 6) is 0.976. The van der Waals surface area contributed by atoms with Gasteiger partial charge in [-0.3, -0.25) is 9.58 Å². The zero-order valence-electron chi connectivity index (χ0n) is 13.2. The topological polar surface area (TPSA) is 33.1 Å². The number of likely N-dealkylation sites (tertiary alicyclic amines) is 1. The molecule has 5 heteroatoms. The van der Waals surface area contributed by atoms with Gasteiger partial charge in [-0.15, -0.1) is 0 Å². The van der Waals surface area contributed by atoms with E-state index in [0.717, 1.165) is 48.9 Å². The summed E-state index contributed by atoms with van der Waals surface area (Å²) in [6.45, 7) is 9.50. The van der Waals surface area contributed by atoms with Crippen LogP contribution in [0.15, 0.2) is 0 Å². The van der Waals surface area contributed by atoms with Gasteiger partial charge >= 0.3 is 0 Å². The second-order valence-corrected chi connectivity index (χ2v) is 6.94. The van der Waals surface area contributed by atoms with Crippen LogP contribution in [0.3, 0.4) is 0 Å². The lowest BCUT2D eigenvalue weighted by molar-refractivity contribution is 0.185. The van der Waals surface area contributed by atoms with Crippen molar-refractivity contribution in [3.63, 3.8) is 0 Å². The van der Waals surface area contributed by atoms with Crippen LogP contribution in [0.2, 0.25) is 5.02 Å². The van der Waals surface area contributed by atoms with Crippen molar-refractivity contribution in [2.75, 3.05) is 19.6 Å². The van der Waals surface area contributed by atoms with E-state index in [4.69, 9.17) is 11.6 Å². The third kappa shape index (κ3) is 3.79. The van der Waals surface area contributed by atoms with Gasteiger partial charge in [0.25, 0.3) is 0 Å². The van der Waals surface area contributed by atoms with Crippen molar-refractivity contribution in [2.45, 2.75) is 58.7 Å². The molecule has 1 aromatic rings. The van der Waals surface area contributed by atoms with Crippen molar-refractivity contribution in [3.8, 4) is 0 Å². The van der Waals surface area contributed by atoms with Crippen molar-refractivity contribution in [1.82, 2.24) is 20.0 Å². The molecule has 0 radical (unpaired) electrons. The van der Waals surface area contributed by atoms with E-state index >= 15 is 0 Å². The lowest BCUT2D eigenvalue weighted by Gasteiger charge is -2.32. The molecule has 0 spiro atoms. The average Bonchev–Trinajstić information content (AvgIpc) is 3.29. The van der Waals surface area contributed by atoms with Crippen LogP contribution in [0.5, 0.6) is 0 Å². The second-order valence-electron chi connectivity index (χ2n) is 6.56. The van der Waals surface area contributed by atoms with E-state index < -0.39 is 0 Å². The first-order valence-electron chi connectivity index (χ1n) is 8.35. The first-order valence-corrected chi connectivity index (χ1v) is 8.72. The third-order valence-corrected chi connectivity index (χ3v) is 5.30. The molecule has 1 aromatic heterocycles. The van der Waals surface area contributed by atoms with E-state index in [0.29, 0.717) is 0 Å². The number of nitrogens with one attached hydrogen (secondary N) is 1. The van der Waals surface area contributed by atoms with Crippen molar-refractivity contribution < 1.29 is 0 Å². The van der Waals surface area contributed by atoms with Crippen LogP contribution < -0.4 is 5.32 Å². The molecule has 118 valence electrons. The maximum absolute atomic E-state index is 6.41.